The molecule has 2 amide bonds. The van der Waals surface area contributed by atoms with Gasteiger partial charge in [0.2, 0.25) is 11.8 Å². The van der Waals surface area contributed by atoms with Gasteiger partial charge in [-0.3, -0.25) is 9.59 Å². The third-order valence-corrected chi connectivity index (χ3v) is 5.36. The quantitative estimate of drug-likeness (QED) is 0.455. The molecule has 0 bridgehead atoms. The van der Waals surface area contributed by atoms with Gasteiger partial charge in [0.15, 0.2) is 0 Å². The maximum Gasteiger partial charge on any atom is 0.353 e. The molecule has 1 fully saturated rings. The van der Waals surface area contributed by atoms with E-state index in [9.17, 15) is 24.3 Å². The Hall–Kier alpha value is -2.29. The van der Waals surface area contributed by atoms with Crippen molar-refractivity contribution in [3.63, 3.8) is 0 Å². The molecule has 0 radical (unpaired) electrons. The van der Waals surface area contributed by atoms with Gasteiger partial charge in [-0.1, -0.05) is 6.92 Å². The van der Waals surface area contributed by atoms with Crippen molar-refractivity contribution in [2.45, 2.75) is 39.7 Å². The molecule has 2 aliphatic heterocycles. The number of carboxylic acids is 2. The van der Waals surface area contributed by atoms with Crippen LogP contribution in [-0.4, -0.2) is 50.7 Å². The van der Waals surface area contributed by atoms with E-state index in [2.05, 4.69) is 5.32 Å². The first-order valence-electron chi connectivity index (χ1n) is 7.81. The van der Waals surface area contributed by atoms with Gasteiger partial charge in [0.25, 0.3) is 0 Å². The predicted octanol–water partition coefficient (Wildman–Crippen LogP) is 1.15. The van der Waals surface area contributed by atoms with Crippen LogP contribution in [0, 0.1) is 5.92 Å². The molecule has 2 atom stereocenters. The van der Waals surface area contributed by atoms with Crippen LogP contribution in [0.3, 0.4) is 0 Å². The van der Waals surface area contributed by atoms with E-state index < -0.39 is 17.8 Å². The number of allylic oxidation sites excluding steroid dienone is 1. The minimum Gasteiger partial charge on any atom is -0.477 e. The van der Waals surface area contributed by atoms with E-state index in [1.54, 1.807) is 13.8 Å². The van der Waals surface area contributed by atoms with Crippen LogP contribution < -0.4 is 5.32 Å². The molecule has 0 saturated carbocycles. The van der Waals surface area contributed by atoms with Gasteiger partial charge in [0.1, 0.15) is 11.4 Å². The number of β-lactam (4-membered cyclic amide) rings is 1. The van der Waals surface area contributed by atoms with E-state index >= 15 is 0 Å². The Kier molecular flexibility index (Phi) is 5.56. The summed E-state index contributed by atoms with van der Waals surface area (Å²) in [6, 6.07) is -0.151. The molecule has 1 saturated heterocycles. The summed E-state index contributed by atoms with van der Waals surface area (Å²) in [6.07, 6.45) is 1.06. The van der Waals surface area contributed by atoms with Crippen molar-refractivity contribution in [2.75, 3.05) is 5.75 Å². The van der Waals surface area contributed by atoms with Crippen molar-refractivity contribution in [3.05, 3.63) is 21.9 Å². The molecule has 2 aliphatic rings. The van der Waals surface area contributed by atoms with Crippen molar-refractivity contribution in [1.29, 1.82) is 0 Å². The second-order valence-corrected chi connectivity index (χ2v) is 7.16. The standard InChI is InChI=1S/C16H20N2O6S/c1-4-8-9-5-10(13(16(23)24)18(9)14(8)20)25-6-11(19)17-12(7(2)3)15(21)22/h8-9H,4-6H2,1-3H3,(H,17,19)(H,21,22)(H,23,24)/t8-,9-/m1/s1. The second kappa shape index (κ2) is 7.30. The predicted molar refractivity (Wildman–Crippen MR) is 90.3 cm³/mol. The number of carbonyl (C=O) groups excluding carboxylic acids is 2. The van der Waals surface area contributed by atoms with Gasteiger partial charge in [-0.25, -0.2) is 9.59 Å². The van der Waals surface area contributed by atoms with Crippen LogP contribution in [0.15, 0.2) is 21.9 Å². The Bertz CT molecular complexity index is 707. The molecule has 2 heterocycles. The minimum atomic E-state index is -1.23. The summed E-state index contributed by atoms with van der Waals surface area (Å²) in [5.41, 5.74) is 0.213. The summed E-state index contributed by atoms with van der Waals surface area (Å²) < 4.78 is 0. The molecule has 2 rings (SSSR count). The van der Waals surface area contributed by atoms with Gasteiger partial charge in [-0.15, -0.1) is 11.8 Å². The van der Waals surface area contributed by atoms with Gasteiger partial charge >= 0.3 is 11.9 Å². The van der Waals surface area contributed by atoms with E-state index in [-0.39, 0.29) is 35.0 Å². The Labute approximate surface area is 148 Å². The molecule has 136 valence electrons. The maximum absolute atomic E-state index is 12.0. The number of fused-ring (bicyclic) bond motifs is 1. The number of nitrogens with zero attached hydrogens (tertiary/aromatic N) is 1. The molecule has 0 unspecified atom stereocenters. The van der Waals surface area contributed by atoms with Gasteiger partial charge < -0.3 is 20.4 Å². The van der Waals surface area contributed by atoms with Gasteiger partial charge in [-0.05, 0) is 25.8 Å². The highest BCUT2D eigenvalue weighted by Gasteiger charge is 2.54. The fraction of sp³-hybridized carbons (Fsp3) is 0.500. The van der Waals surface area contributed by atoms with Crippen molar-refractivity contribution in [2.24, 2.45) is 5.92 Å². The molecule has 9 heteroatoms. The molecule has 0 aromatic heterocycles. The Morgan fingerprint density at radius 1 is 1.28 bits per heavy atom. The van der Waals surface area contributed by atoms with E-state index in [1.165, 1.54) is 4.90 Å². The van der Waals surface area contributed by atoms with Crippen molar-refractivity contribution in [3.8, 4) is 0 Å². The first-order valence-corrected chi connectivity index (χ1v) is 8.80. The molecular weight excluding hydrogens is 348 g/mol. The average molecular weight is 368 g/mol. The lowest BCUT2D eigenvalue weighted by atomic mass is 9.85. The molecule has 0 aromatic rings. The molecule has 3 N–H and O–H groups in total. The first kappa shape index (κ1) is 19.0. The highest BCUT2D eigenvalue weighted by atomic mass is 32.2. The average Bonchev–Trinajstić information content (AvgIpc) is 2.85. The molecule has 25 heavy (non-hydrogen) atoms. The monoisotopic (exact) mass is 368 g/mol. The number of rotatable bonds is 7. The number of hydrogen-bond donors (Lipinski definition) is 3. The molecule has 0 aromatic carbocycles. The lowest BCUT2D eigenvalue weighted by Gasteiger charge is -2.42. The second-order valence-electron chi connectivity index (χ2n) is 6.09. The van der Waals surface area contributed by atoms with Crippen LogP contribution in [0.1, 0.15) is 33.6 Å². The largest absolute Gasteiger partial charge is 0.477 e. The highest BCUT2D eigenvalue weighted by Crippen LogP contribution is 2.46. The zero-order chi connectivity index (χ0) is 18.9. The SMILES string of the molecule is CC[C@H]1C(=O)N2C(C(=O)O)=C(SCC(=O)NC(C(=O)O)=C(C)C)C[C@H]12. The summed E-state index contributed by atoms with van der Waals surface area (Å²) in [5.74, 6) is -3.45. The van der Waals surface area contributed by atoms with Gasteiger partial charge in [0, 0.05) is 11.3 Å². The molecule has 0 spiro atoms. The van der Waals surface area contributed by atoms with Crippen molar-refractivity contribution >= 4 is 35.5 Å². The smallest absolute Gasteiger partial charge is 0.353 e. The number of amides is 2. The van der Waals surface area contributed by atoms with Crippen LogP contribution in [0.4, 0.5) is 0 Å². The lowest BCUT2D eigenvalue weighted by molar-refractivity contribution is -0.155. The van der Waals surface area contributed by atoms with Gasteiger partial charge in [0.05, 0.1) is 17.7 Å². The van der Waals surface area contributed by atoms with Crippen LogP contribution in [0.2, 0.25) is 0 Å². The number of carbonyl (C=O) groups is 4. The zero-order valence-electron chi connectivity index (χ0n) is 14.2. The van der Waals surface area contributed by atoms with Crippen LogP contribution in [0.25, 0.3) is 0 Å². The van der Waals surface area contributed by atoms with Crippen LogP contribution >= 0.6 is 11.8 Å². The molecular formula is C16H20N2O6S. The molecule has 8 nitrogen and oxygen atoms in total. The fourth-order valence-corrected chi connectivity index (χ4v) is 4.04. The minimum absolute atomic E-state index is 0.0572. The summed E-state index contributed by atoms with van der Waals surface area (Å²) in [6.45, 7) is 5.02. The number of nitrogens with one attached hydrogen (secondary N) is 1. The number of hydrogen-bond acceptors (Lipinski definition) is 5. The lowest BCUT2D eigenvalue weighted by Crippen LogP contribution is -2.58. The van der Waals surface area contributed by atoms with Gasteiger partial charge in [-0.2, -0.15) is 0 Å². The molecule has 0 aliphatic carbocycles. The number of thioether (sulfide) groups is 1. The summed E-state index contributed by atoms with van der Waals surface area (Å²) in [5, 5.41) is 20.7. The van der Waals surface area contributed by atoms with Crippen LogP contribution in [0.5, 0.6) is 0 Å². The topological polar surface area (TPSA) is 124 Å². The highest BCUT2D eigenvalue weighted by molar-refractivity contribution is 8.03. The van der Waals surface area contributed by atoms with E-state index in [4.69, 9.17) is 5.11 Å². The fourth-order valence-electron chi connectivity index (χ4n) is 3.05. The summed E-state index contributed by atoms with van der Waals surface area (Å²) >= 11 is 1.03. The number of aliphatic carboxylic acids is 2. The third kappa shape index (κ3) is 3.55. The summed E-state index contributed by atoms with van der Waals surface area (Å²) in [4.78, 5) is 48.4. The van der Waals surface area contributed by atoms with Crippen LogP contribution in [-0.2, 0) is 19.2 Å². The Morgan fingerprint density at radius 3 is 2.40 bits per heavy atom. The normalized spacial score (nSPS) is 21.6. The van der Waals surface area contributed by atoms with Crippen molar-refractivity contribution in [1.82, 2.24) is 10.2 Å². The zero-order valence-corrected chi connectivity index (χ0v) is 15.0. The van der Waals surface area contributed by atoms with E-state index in [0.717, 1.165) is 11.8 Å². The third-order valence-electron chi connectivity index (χ3n) is 4.25. The first-order chi connectivity index (χ1) is 11.7. The summed E-state index contributed by atoms with van der Waals surface area (Å²) in [7, 11) is 0. The maximum atomic E-state index is 12.0. The Balaban J connectivity index is 2.06. The van der Waals surface area contributed by atoms with Crippen molar-refractivity contribution < 1.29 is 29.4 Å². The Morgan fingerprint density at radius 2 is 1.92 bits per heavy atom. The van der Waals surface area contributed by atoms with E-state index in [1.807, 2.05) is 6.92 Å². The number of carboxylic acid groups (broad SMARTS) is 2. The van der Waals surface area contributed by atoms with E-state index in [0.29, 0.717) is 23.3 Å².